The molecule has 0 fully saturated rings. The third-order valence-corrected chi connectivity index (χ3v) is 2.54. The van der Waals surface area contributed by atoms with Crippen molar-refractivity contribution in [3.8, 4) is 11.8 Å². The fourth-order valence-electron chi connectivity index (χ4n) is 1.64. The molecule has 0 spiro atoms. The predicted octanol–water partition coefficient (Wildman–Crippen LogP) is -0.404. The smallest absolute Gasteiger partial charge is 0.257 e. The van der Waals surface area contributed by atoms with Crippen LogP contribution in [0.5, 0.6) is 0 Å². The van der Waals surface area contributed by atoms with Gasteiger partial charge in [-0.15, -0.1) is 0 Å². The summed E-state index contributed by atoms with van der Waals surface area (Å²) in [5.41, 5.74) is 0.216. The van der Waals surface area contributed by atoms with Crippen LogP contribution < -0.4 is 0 Å². The number of halogens is 1. The van der Waals surface area contributed by atoms with Crippen molar-refractivity contribution in [3.63, 3.8) is 0 Å². The van der Waals surface area contributed by atoms with Crippen LogP contribution in [0.4, 0.5) is 4.39 Å². The summed E-state index contributed by atoms with van der Waals surface area (Å²) in [6.45, 7) is -0.882. The van der Waals surface area contributed by atoms with E-state index < -0.39 is 11.7 Å². The van der Waals surface area contributed by atoms with E-state index in [0.29, 0.717) is 5.56 Å². The van der Waals surface area contributed by atoms with Crippen LogP contribution >= 0.6 is 0 Å². The second-order valence-electron chi connectivity index (χ2n) is 3.89. The maximum Gasteiger partial charge on any atom is 0.257 e. The molecule has 0 aliphatic heterocycles. The lowest BCUT2D eigenvalue weighted by atomic mass is 10.1. The highest BCUT2D eigenvalue weighted by Crippen LogP contribution is 2.13. The van der Waals surface area contributed by atoms with Crippen LogP contribution in [0.2, 0.25) is 0 Å². The number of carbonyl (C=O) groups excluding carboxylic acids is 1. The SMILES string of the molecule is O=C(c1cc(C#CCO)ccc1F)N(CCO)CCO. The molecule has 1 aromatic carbocycles. The zero-order valence-electron chi connectivity index (χ0n) is 10.8. The Morgan fingerprint density at radius 2 is 1.85 bits per heavy atom. The van der Waals surface area contributed by atoms with Gasteiger partial charge in [-0.3, -0.25) is 4.79 Å². The summed E-state index contributed by atoms with van der Waals surface area (Å²) < 4.78 is 13.7. The number of carbonyl (C=O) groups is 1. The Morgan fingerprint density at radius 3 is 2.40 bits per heavy atom. The lowest BCUT2D eigenvalue weighted by molar-refractivity contribution is 0.0680. The molecule has 0 radical (unpaired) electrons. The topological polar surface area (TPSA) is 81.0 Å². The average molecular weight is 281 g/mol. The number of hydrogen-bond donors (Lipinski definition) is 3. The highest BCUT2D eigenvalue weighted by atomic mass is 19.1. The molecular formula is C14H16FNO4. The first-order valence-corrected chi connectivity index (χ1v) is 6.04. The van der Waals surface area contributed by atoms with Crippen LogP contribution in [0.25, 0.3) is 0 Å². The fraction of sp³-hybridized carbons (Fsp3) is 0.357. The van der Waals surface area contributed by atoms with E-state index in [-0.39, 0.29) is 38.5 Å². The molecule has 1 rings (SSSR count). The number of rotatable bonds is 5. The molecule has 0 saturated heterocycles. The van der Waals surface area contributed by atoms with E-state index in [2.05, 4.69) is 11.8 Å². The Balaban J connectivity index is 3.06. The summed E-state index contributed by atoms with van der Waals surface area (Å²) in [5, 5.41) is 26.4. The van der Waals surface area contributed by atoms with E-state index >= 15 is 0 Å². The molecule has 0 atom stereocenters. The van der Waals surface area contributed by atoms with Crippen molar-refractivity contribution in [1.29, 1.82) is 0 Å². The number of hydrogen-bond acceptors (Lipinski definition) is 4. The van der Waals surface area contributed by atoms with Crippen LogP contribution in [-0.2, 0) is 0 Å². The Labute approximate surface area is 116 Å². The van der Waals surface area contributed by atoms with E-state index in [9.17, 15) is 9.18 Å². The van der Waals surface area contributed by atoms with Gasteiger partial charge in [0, 0.05) is 18.7 Å². The molecule has 20 heavy (non-hydrogen) atoms. The van der Waals surface area contributed by atoms with Crippen molar-refractivity contribution in [2.24, 2.45) is 0 Å². The Morgan fingerprint density at radius 1 is 1.20 bits per heavy atom. The van der Waals surface area contributed by atoms with E-state index in [4.69, 9.17) is 15.3 Å². The maximum atomic E-state index is 13.7. The van der Waals surface area contributed by atoms with Gasteiger partial charge in [-0.25, -0.2) is 4.39 Å². The van der Waals surface area contributed by atoms with Gasteiger partial charge in [0.1, 0.15) is 12.4 Å². The number of amides is 1. The molecular weight excluding hydrogens is 265 g/mol. The lowest BCUT2D eigenvalue weighted by Crippen LogP contribution is -2.36. The standard InChI is InChI=1S/C14H16FNO4/c15-13-4-3-11(2-1-7-17)10-12(13)14(20)16(5-8-18)6-9-19/h3-4,10,17-19H,5-9H2. The van der Waals surface area contributed by atoms with Gasteiger partial charge < -0.3 is 20.2 Å². The second kappa shape index (κ2) is 8.27. The molecule has 0 heterocycles. The van der Waals surface area contributed by atoms with E-state index in [1.54, 1.807) is 0 Å². The summed E-state index contributed by atoms with van der Waals surface area (Å²) >= 11 is 0. The van der Waals surface area contributed by atoms with Gasteiger partial charge in [0.15, 0.2) is 0 Å². The largest absolute Gasteiger partial charge is 0.395 e. The van der Waals surface area contributed by atoms with E-state index in [1.165, 1.54) is 12.1 Å². The Hall–Kier alpha value is -1.94. The fourth-order valence-corrected chi connectivity index (χ4v) is 1.64. The second-order valence-corrected chi connectivity index (χ2v) is 3.89. The molecule has 0 aliphatic rings. The number of aliphatic hydroxyl groups excluding tert-OH is 3. The third-order valence-electron chi connectivity index (χ3n) is 2.54. The van der Waals surface area contributed by atoms with Gasteiger partial charge in [-0.1, -0.05) is 11.8 Å². The Bertz CT molecular complexity index is 516. The first kappa shape index (κ1) is 16.1. The van der Waals surface area contributed by atoms with Gasteiger partial charge in [-0.05, 0) is 18.2 Å². The Kier molecular flexibility index (Phi) is 6.67. The predicted molar refractivity (Wildman–Crippen MR) is 70.4 cm³/mol. The molecule has 6 heteroatoms. The summed E-state index contributed by atoms with van der Waals surface area (Å²) in [4.78, 5) is 13.3. The minimum Gasteiger partial charge on any atom is -0.395 e. The summed E-state index contributed by atoms with van der Waals surface area (Å²) in [6, 6.07) is 3.80. The van der Waals surface area contributed by atoms with E-state index in [1.807, 2.05) is 0 Å². The van der Waals surface area contributed by atoms with Gasteiger partial charge in [0.05, 0.1) is 18.8 Å². The molecule has 1 amide bonds. The molecule has 1 aromatic rings. The molecule has 0 aliphatic carbocycles. The van der Waals surface area contributed by atoms with Crippen molar-refractivity contribution in [2.45, 2.75) is 0 Å². The summed E-state index contributed by atoms with van der Waals surface area (Å²) in [7, 11) is 0. The highest BCUT2D eigenvalue weighted by molar-refractivity contribution is 5.94. The average Bonchev–Trinajstić information content (AvgIpc) is 2.45. The summed E-state index contributed by atoms with van der Waals surface area (Å²) in [5.74, 6) is 3.66. The first-order chi connectivity index (χ1) is 9.63. The number of aliphatic hydroxyl groups is 3. The normalized spacial score (nSPS) is 9.80. The highest BCUT2D eigenvalue weighted by Gasteiger charge is 2.18. The van der Waals surface area contributed by atoms with Crippen LogP contribution in [0.1, 0.15) is 15.9 Å². The van der Waals surface area contributed by atoms with Crippen LogP contribution in [0.3, 0.4) is 0 Å². The molecule has 108 valence electrons. The third kappa shape index (κ3) is 4.31. The van der Waals surface area contributed by atoms with Crippen LogP contribution in [-0.4, -0.2) is 59.0 Å². The zero-order valence-corrected chi connectivity index (χ0v) is 10.8. The number of benzene rings is 1. The molecule has 0 saturated carbocycles. The van der Waals surface area contributed by atoms with Crippen molar-refractivity contribution in [2.75, 3.05) is 32.9 Å². The van der Waals surface area contributed by atoms with Crippen molar-refractivity contribution in [3.05, 3.63) is 35.1 Å². The van der Waals surface area contributed by atoms with Gasteiger partial charge >= 0.3 is 0 Å². The van der Waals surface area contributed by atoms with Crippen molar-refractivity contribution < 1.29 is 24.5 Å². The molecule has 3 N–H and O–H groups in total. The van der Waals surface area contributed by atoms with Crippen molar-refractivity contribution >= 4 is 5.91 Å². The first-order valence-electron chi connectivity index (χ1n) is 6.04. The molecule has 0 unspecified atom stereocenters. The lowest BCUT2D eigenvalue weighted by Gasteiger charge is -2.21. The van der Waals surface area contributed by atoms with Crippen LogP contribution in [0, 0.1) is 17.7 Å². The van der Waals surface area contributed by atoms with Gasteiger partial charge in [0.25, 0.3) is 5.91 Å². The maximum absolute atomic E-state index is 13.7. The molecule has 5 nitrogen and oxygen atoms in total. The van der Waals surface area contributed by atoms with Crippen molar-refractivity contribution in [1.82, 2.24) is 4.90 Å². The van der Waals surface area contributed by atoms with Crippen LogP contribution in [0.15, 0.2) is 18.2 Å². The quantitative estimate of drug-likeness (QED) is 0.641. The zero-order chi connectivity index (χ0) is 15.0. The van der Waals surface area contributed by atoms with Gasteiger partial charge in [0.2, 0.25) is 0 Å². The minimum absolute atomic E-state index is 0.00534. The number of nitrogens with zero attached hydrogens (tertiary/aromatic N) is 1. The monoisotopic (exact) mass is 281 g/mol. The molecule has 0 bridgehead atoms. The van der Waals surface area contributed by atoms with E-state index in [0.717, 1.165) is 11.0 Å². The minimum atomic E-state index is -0.703. The summed E-state index contributed by atoms with van der Waals surface area (Å²) in [6.07, 6.45) is 0. The molecule has 0 aromatic heterocycles. The van der Waals surface area contributed by atoms with Gasteiger partial charge in [-0.2, -0.15) is 0 Å².